The fourth-order valence-corrected chi connectivity index (χ4v) is 2.88. The summed E-state index contributed by atoms with van der Waals surface area (Å²) in [5.74, 6) is -0.111. The van der Waals surface area contributed by atoms with Crippen LogP contribution < -0.4 is 5.32 Å². The van der Waals surface area contributed by atoms with Crippen LogP contribution in [0.1, 0.15) is 12.5 Å². The lowest BCUT2D eigenvalue weighted by molar-refractivity contribution is -0.139. The molecule has 2 aromatic rings. The molecule has 0 saturated carbocycles. The lowest BCUT2D eigenvalue weighted by atomic mass is 10.1. The number of ether oxygens (including phenoxy) is 1. The lowest BCUT2D eigenvalue weighted by Crippen LogP contribution is -2.14. The van der Waals surface area contributed by atoms with E-state index in [2.05, 4.69) is 5.32 Å². The zero-order valence-electron chi connectivity index (χ0n) is 13.3. The Labute approximate surface area is 150 Å². The Hall–Kier alpha value is -1.98. The minimum Gasteiger partial charge on any atom is -0.465 e. The van der Waals surface area contributed by atoms with E-state index in [0.29, 0.717) is 17.3 Å². The highest BCUT2D eigenvalue weighted by molar-refractivity contribution is 8.00. The molecule has 0 aliphatic heterocycles. The number of benzene rings is 2. The topological polar surface area (TPSA) is 55.4 Å². The number of amides is 1. The molecular weight excluding hydrogens is 346 g/mol. The molecular formula is C18H18ClNO3S. The van der Waals surface area contributed by atoms with Gasteiger partial charge in [-0.05, 0) is 42.8 Å². The van der Waals surface area contributed by atoms with Gasteiger partial charge in [-0.15, -0.1) is 11.8 Å². The van der Waals surface area contributed by atoms with Gasteiger partial charge < -0.3 is 10.1 Å². The minimum absolute atomic E-state index is 0.107. The molecule has 126 valence electrons. The second kappa shape index (κ2) is 9.35. The van der Waals surface area contributed by atoms with Gasteiger partial charge in [-0.25, -0.2) is 0 Å². The van der Waals surface area contributed by atoms with E-state index in [0.717, 1.165) is 10.5 Å². The number of esters is 1. The van der Waals surface area contributed by atoms with Crippen LogP contribution in [0.3, 0.4) is 0 Å². The smallest absolute Gasteiger partial charge is 0.316 e. The maximum Gasteiger partial charge on any atom is 0.316 e. The predicted molar refractivity (Wildman–Crippen MR) is 97.6 cm³/mol. The number of carbonyl (C=O) groups is 2. The first-order valence-electron chi connectivity index (χ1n) is 7.49. The summed E-state index contributed by atoms with van der Waals surface area (Å²) in [5.41, 5.74) is 1.59. The van der Waals surface area contributed by atoms with Crippen molar-refractivity contribution in [2.45, 2.75) is 18.2 Å². The van der Waals surface area contributed by atoms with Gasteiger partial charge in [0.15, 0.2) is 0 Å². The third-order valence-electron chi connectivity index (χ3n) is 3.06. The Balaban J connectivity index is 1.89. The van der Waals surface area contributed by atoms with Crippen LogP contribution in [0.5, 0.6) is 0 Å². The molecule has 1 N–H and O–H groups in total. The number of halogens is 1. The Morgan fingerprint density at radius 1 is 1.17 bits per heavy atom. The third kappa shape index (κ3) is 6.26. The Bertz CT molecular complexity index is 704. The molecule has 0 spiro atoms. The van der Waals surface area contributed by atoms with Gasteiger partial charge in [0.1, 0.15) is 0 Å². The molecule has 0 unspecified atom stereocenters. The van der Waals surface area contributed by atoms with E-state index in [4.69, 9.17) is 16.3 Å². The van der Waals surface area contributed by atoms with E-state index in [1.54, 1.807) is 19.1 Å². The standard InChI is InChI=1S/C18H18ClNO3S/c1-2-23-18(22)12-24-16-5-3-4-15(11-16)20-17(21)10-13-6-8-14(19)9-7-13/h3-9,11H,2,10,12H2,1H3,(H,20,21). The van der Waals surface area contributed by atoms with Gasteiger partial charge in [-0.3, -0.25) is 9.59 Å². The summed E-state index contributed by atoms with van der Waals surface area (Å²) >= 11 is 7.21. The van der Waals surface area contributed by atoms with Crippen molar-refractivity contribution in [3.8, 4) is 0 Å². The Morgan fingerprint density at radius 2 is 1.92 bits per heavy atom. The van der Waals surface area contributed by atoms with Crippen LogP contribution in [-0.2, 0) is 20.7 Å². The van der Waals surface area contributed by atoms with E-state index in [9.17, 15) is 9.59 Å². The number of hydrogen-bond acceptors (Lipinski definition) is 4. The molecule has 6 heteroatoms. The molecule has 1 amide bonds. The van der Waals surface area contributed by atoms with E-state index >= 15 is 0 Å². The third-order valence-corrected chi connectivity index (χ3v) is 4.28. The second-order valence-electron chi connectivity index (χ2n) is 4.97. The monoisotopic (exact) mass is 363 g/mol. The highest BCUT2D eigenvalue weighted by Crippen LogP contribution is 2.22. The highest BCUT2D eigenvalue weighted by Gasteiger charge is 2.07. The maximum absolute atomic E-state index is 12.1. The van der Waals surface area contributed by atoms with E-state index in [-0.39, 0.29) is 24.1 Å². The van der Waals surface area contributed by atoms with Crippen LogP contribution in [0.25, 0.3) is 0 Å². The SMILES string of the molecule is CCOC(=O)CSc1cccc(NC(=O)Cc2ccc(Cl)cc2)c1. The van der Waals surface area contributed by atoms with Gasteiger partial charge in [-0.1, -0.05) is 29.8 Å². The first-order valence-corrected chi connectivity index (χ1v) is 8.86. The summed E-state index contributed by atoms with van der Waals surface area (Å²) in [6.45, 7) is 2.15. The summed E-state index contributed by atoms with van der Waals surface area (Å²) in [6, 6.07) is 14.6. The van der Waals surface area contributed by atoms with Gasteiger partial charge in [0.05, 0.1) is 18.8 Å². The highest BCUT2D eigenvalue weighted by atomic mass is 35.5. The zero-order valence-corrected chi connectivity index (χ0v) is 14.8. The molecule has 0 saturated heterocycles. The summed E-state index contributed by atoms with van der Waals surface area (Å²) in [7, 11) is 0. The summed E-state index contributed by atoms with van der Waals surface area (Å²) in [5, 5.41) is 3.50. The molecule has 0 atom stereocenters. The predicted octanol–water partition coefficient (Wildman–Crippen LogP) is 4.18. The summed E-state index contributed by atoms with van der Waals surface area (Å²) < 4.78 is 4.89. The van der Waals surface area contributed by atoms with Crippen molar-refractivity contribution in [2.75, 3.05) is 17.7 Å². The molecule has 0 heterocycles. The second-order valence-corrected chi connectivity index (χ2v) is 6.46. The molecule has 0 aromatic heterocycles. The van der Waals surface area contributed by atoms with Crippen molar-refractivity contribution in [2.24, 2.45) is 0 Å². The van der Waals surface area contributed by atoms with E-state index in [1.165, 1.54) is 11.8 Å². The number of anilines is 1. The minimum atomic E-state index is -0.250. The molecule has 24 heavy (non-hydrogen) atoms. The molecule has 0 radical (unpaired) electrons. The average molecular weight is 364 g/mol. The maximum atomic E-state index is 12.1. The molecule has 0 aliphatic carbocycles. The molecule has 0 aliphatic rings. The van der Waals surface area contributed by atoms with Gasteiger partial charge in [0, 0.05) is 15.6 Å². The lowest BCUT2D eigenvalue weighted by Gasteiger charge is -2.08. The van der Waals surface area contributed by atoms with Gasteiger partial charge in [0.2, 0.25) is 5.91 Å². The fraction of sp³-hybridized carbons (Fsp3) is 0.222. The number of carbonyl (C=O) groups excluding carboxylic acids is 2. The van der Waals surface area contributed by atoms with Crippen LogP contribution in [0.15, 0.2) is 53.4 Å². The van der Waals surface area contributed by atoms with Crippen molar-refractivity contribution in [3.63, 3.8) is 0 Å². The van der Waals surface area contributed by atoms with Crippen molar-refractivity contribution in [1.82, 2.24) is 0 Å². The van der Waals surface area contributed by atoms with Gasteiger partial charge >= 0.3 is 5.97 Å². The molecule has 0 bridgehead atoms. The summed E-state index contributed by atoms with van der Waals surface area (Å²) in [6.07, 6.45) is 0.275. The van der Waals surface area contributed by atoms with Crippen LogP contribution in [0.2, 0.25) is 5.02 Å². The van der Waals surface area contributed by atoms with Crippen LogP contribution in [-0.4, -0.2) is 24.2 Å². The molecule has 2 rings (SSSR count). The largest absolute Gasteiger partial charge is 0.465 e. The Kier molecular flexibility index (Phi) is 7.15. The van der Waals surface area contributed by atoms with Gasteiger partial charge in [0.25, 0.3) is 0 Å². The van der Waals surface area contributed by atoms with E-state index < -0.39 is 0 Å². The number of thioether (sulfide) groups is 1. The first kappa shape index (κ1) is 18.4. The molecule has 2 aromatic carbocycles. The molecule has 0 fully saturated rings. The quantitative estimate of drug-likeness (QED) is 0.592. The fourth-order valence-electron chi connectivity index (χ4n) is 2.00. The van der Waals surface area contributed by atoms with Crippen LogP contribution >= 0.6 is 23.4 Å². The van der Waals surface area contributed by atoms with Crippen molar-refractivity contribution < 1.29 is 14.3 Å². The number of nitrogens with one attached hydrogen (secondary N) is 1. The molecule has 4 nitrogen and oxygen atoms in total. The zero-order chi connectivity index (χ0) is 17.4. The van der Waals surface area contributed by atoms with Gasteiger partial charge in [-0.2, -0.15) is 0 Å². The van der Waals surface area contributed by atoms with Crippen molar-refractivity contribution >= 4 is 40.9 Å². The Morgan fingerprint density at radius 3 is 2.62 bits per heavy atom. The number of hydrogen-bond donors (Lipinski definition) is 1. The van der Waals surface area contributed by atoms with Crippen LogP contribution in [0, 0.1) is 0 Å². The van der Waals surface area contributed by atoms with Crippen molar-refractivity contribution in [1.29, 1.82) is 0 Å². The van der Waals surface area contributed by atoms with Crippen molar-refractivity contribution in [3.05, 3.63) is 59.1 Å². The summed E-state index contributed by atoms with van der Waals surface area (Å²) in [4.78, 5) is 24.4. The first-order chi connectivity index (χ1) is 11.6. The normalized spacial score (nSPS) is 10.2. The average Bonchev–Trinajstić information content (AvgIpc) is 2.56. The van der Waals surface area contributed by atoms with Crippen LogP contribution in [0.4, 0.5) is 5.69 Å². The van der Waals surface area contributed by atoms with E-state index in [1.807, 2.05) is 36.4 Å². The number of rotatable bonds is 7.